The minimum Gasteiger partial charge on any atom is -0.483 e. The molecule has 0 bridgehead atoms. The molecule has 0 spiro atoms. The number of nitrogens with one attached hydrogen (secondary N) is 2. The third-order valence-electron chi connectivity index (χ3n) is 3.42. The average Bonchev–Trinajstić information content (AvgIpc) is 2.84. The van der Waals surface area contributed by atoms with Gasteiger partial charge in [0.05, 0.1) is 4.90 Å². The lowest BCUT2D eigenvalue weighted by Gasteiger charge is -2.15. The first kappa shape index (κ1) is 22.3. The minimum atomic E-state index is -3.37. The van der Waals surface area contributed by atoms with Crippen LogP contribution in [-0.2, 0) is 14.8 Å². The van der Waals surface area contributed by atoms with E-state index in [9.17, 15) is 8.42 Å². The first-order valence-electron chi connectivity index (χ1n) is 8.02. The fraction of sp³-hybridized carbons (Fsp3) is 0.562. The molecule has 3 N–H and O–H groups in total. The van der Waals surface area contributed by atoms with Crippen LogP contribution in [0.15, 0.2) is 29.2 Å². The average molecular weight is 407 g/mol. The normalized spacial score (nSPS) is 15.7. The van der Waals surface area contributed by atoms with Crippen LogP contribution in [0.4, 0.5) is 0 Å². The van der Waals surface area contributed by atoms with Crippen molar-refractivity contribution < 1.29 is 18.3 Å². The summed E-state index contributed by atoms with van der Waals surface area (Å²) in [7, 11) is -3.37. The summed E-state index contributed by atoms with van der Waals surface area (Å²) < 4.78 is 26.9. The van der Waals surface area contributed by atoms with E-state index in [0.29, 0.717) is 17.5 Å². The summed E-state index contributed by atoms with van der Waals surface area (Å²) >= 11 is 3.99. The predicted molar refractivity (Wildman–Crippen MR) is 106 cm³/mol. The van der Waals surface area contributed by atoms with Gasteiger partial charge in [-0.1, -0.05) is 17.7 Å². The summed E-state index contributed by atoms with van der Waals surface area (Å²) in [6, 6.07) is 7.48. The molecule has 1 aliphatic heterocycles. The molecule has 1 aliphatic rings. The van der Waals surface area contributed by atoms with Crippen LogP contribution in [0.3, 0.4) is 0 Å². The molecule has 1 aromatic rings. The molecular formula is C16H26N2O4S3. The molecule has 0 saturated carbocycles. The Labute approximate surface area is 158 Å². The summed E-state index contributed by atoms with van der Waals surface area (Å²) in [5.74, 6) is 4.78. The van der Waals surface area contributed by atoms with Crippen LogP contribution in [0.25, 0.3) is 0 Å². The number of benzene rings is 1. The van der Waals surface area contributed by atoms with Gasteiger partial charge in [0.15, 0.2) is 0 Å². The van der Waals surface area contributed by atoms with Crippen LogP contribution in [0.1, 0.15) is 12.0 Å². The Kier molecular flexibility index (Phi) is 11.2. The van der Waals surface area contributed by atoms with Gasteiger partial charge in [-0.3, -0.25) is 4.79 Å². The van der Waals surface area contributed by atoms with Gasteiger partial charge in [-0.2, -0.15) is 23.5 Å². The zero-order chi connectivity index (χ0) is 18.5. The fourth-order valence-corrected chi connectivity index (χ4v) is 5.68. The number of carbonyl (C=O) groups is 1. The van der Waals surface area contributed by atoms with Gasteiger partial charge in [0.25, 0.3) is 6.47 Å². The molecule has 1 heterocycles. The Bertz CT molecular complexity index is 586. The van der Waals surface area contributed by atoms with Crippen LogP contribution in [0.2, 0.25) is 0 Å². The molecule has 142 valence electrons. The quantitative estimate of drug-likeness (QED) is 0.469. The van der Waals surface area contributed by atoms with E-state index >= 15 is 0 Å². The third-order valence-corrected chi connectivity index (χ3v) is 7.42. The van der Waals surface area contributed by atoms with Crippen LogP contribution < -0.4 is 10.0 Å². The molecule has 0 aromatic heterocycles. The molecule has 0 atom stereocenters. The topological polar surface area (TPSA) is 95.5 Å². The van der Waals surface area contributed by atoms with Crippen molar-refractivity contribution in [2.75, 3.05) is 36.1 Å². The van der Waals surface area contributed by atoms with Gasteiger partial charge in [-0.05, 0) is 32.0 Å². The highest BCUT2D eigenvalue weighted by molar-refractivity contribution is 8.03. The first-order chi connectivity index (χ1) is 12.0. The van der Waals surface area contributed by atoms with Gasteiger partial charge < -0.3 is 10.4 Å². The van der Waals surface area contributed by atoms with Gasteiger partial charge in [-0.15, -0.1) is 0 Å². The van der Waals surface area contributed by atoms with E-state index in [4.69, 9.17) is 9.90 Å². The van der Waals surface area contributed by atoms with Crippen molar-refractivity contribution in [1.29, 1.82) is 0 Å². The molecule has 6 nitrogen and oxygen atoms in total. The number of aryl methyl sites for hydroxylation is 1. The van der Waals surface area contributed by atoms with Crippen molar-refractivity contribution in [3.8, 4) is 0 Å². The summed E-state index contributed by atoms with van der Waals surface area (Å²) in [6.07, 6.45) is 0.803. The summed E-state index contributed by atoms with van der Waals surface area (Å²) in [5, 5.41) is 10.4. The molecule has 1 saturated heterocycles. The zero-order valence-corrected chi connectivity index (χ0v) is 16.8. The predicted octanol–water partition coefficient (Wildman–Crippen LogP) is 1.80. The van der Waals surface area contributed by atoms with E-state index in [1.807, 2.05) is 42.6 Å². The zero-order valence-electron chi connectivity index (χ0n) is 14.3. The molecular weight excluding hydrogens is 380 g/mol. The molecule has 0 radical (unpaired) electrons. The first-order valence-corrected chi connectivity index (χ1v) is 11.8. The summed E-state index contributed by atoms with van der Waals surface area (Å²) in [6.45, 7) is 3.01. The van der Waals surface area contributed by atoms with E-state index in [1.165, 1.54) is 11.5 Å². The number of thioether (sulfide) groups is 2. The summed E-state index contributed by atoms with van der Waals surface area (Å²) in [5.41, 5.74) is 1.06. The highest BCUT2D eigenvalue weighted by Crippen LogP contribution is 2.16. The maximum Gasteiger partial charge on any atom is 0.290 e. The Hall–Kier alpha value is -0.740. The summed E-state index contributed by atoms with van der Waals surface area (Å²) in [4.78, 5) is 8.70. The van der Waals surface area contributed by atoms with Gasteiger partial charge in [-0.25, -0.2) is 13.1 Å². The fourth-order valence-electron chi connectivity index (χ4n) is 2.14. The van der Waals surface area contributed by atoms with Crippen molar-refractivity contribution in [3.63, 3.8) is 0 Å². The maximum atomic E-state index is 12.1. The minimum absolute atomic E-state index is 0.250. The molecule has 1 fully saturated rings. The van der Waals surface area contributed by atoms with Crippen LogP contribution >= 0.6 is 23.5 Å². The van der Waals surface area contributed by atoms with Crippen molar-refractivity contribution in [3.05, 3.63) is 29.8 Å². The van der Waals surface area contributed by atoms with E-state index in [-0.39, 0.29) is 6.47 Å². The number of hydrogen-bond donors (Lipinski definition) is 3. The number of hydrogen-bond acceptors (Lipinski definition) is 6. The van der Waals surface area contributed by atoms with Gasteiger partial charge in [0.2, 0.25) is 10.0 Å². The lowest BCUT2D eigenvalue weighted by Crippen LogP contribution is -2.35. The highest BCUT2D eigenvalue weighted by Gasteiger charge is 2.14. The SMILES string of the molecule is Cc1ccc(S(=O)(=O)NCCCNC2CSCCSC2)cc1.O=CO. The largest absolute Gasteiger partial charge is 0.483 e. The molecule has 0 unspecified atom stereocenters. The Morgan fingerprint density at radius 1 is 1.16 bits per heavy atom. The highest BCUT2D eigenvalue weighted by atomic mass is 32.2. The molecule has 0 amide bonds. The second-order valence-electron chi connectivity index (χ2n) is 5.47. The number of sulfonamides is 1. The second kappa shape index (κ2) is 12.6. The molecule has 25 heavy (non-hydrogen) atoms. The van der Waals surface area contributed by atoms with Gasteiger partial charge in [0, 0.05) is 35.6 Å². The smallest absolute Gasteiger partial charge is 0.290 e. The van der Waals surface area contributed by atoms with Crippen LogP contribution in [0, 0.1) is 6.92 Å². The Morgan fingerprint density at radius 2 is 1.72 bits per heavy atom. The molecule has 1 aromatic carbocycles. The van der Waals surface area contributed by atoms with E-state index < -0.39 is 10.0 Å². The van der Waals surface area contributed by atoms with Crippen molar-refractivity contribution in [2.45, 2.75) is 24.3 Å². The van der Waals surface area contributed by atoms with Crippen molar-refractivity contribution in [2.24, 2.45) is 0 Å². The Balaban J connectivity index is 0.000000970. The Morgan fingerprint density at radius 3 is 2.28 bits per heavy atom. The third kappa shape index (κ3) is 9.50. The van der Waals surface area contributed by atoms with E-state index in [2.05, 4.69) is 10.0 Å². The van der Waals surface area contributed by atoms with Gasteiger partial charge in [0.1, 0.15) is 0 Å². The number of rotatable bonds is 7. The second-order valence-corrected chi connectivity index (χ2v) is 9.54. The van der Waals surface area contributed by atoms with E-state index in [1.54, 1.807) is 12.1 Å². The molecule has 0 aliphatic carbocycles. The van der Waals surface area contributed by atoms with Crippen LogP contribution in [-0.4, -0.2) is 62.1 Å². The van der Waals surface area contributed by atoms with Crippen molar-refractivity contribution in [1.82, 2.24) is 10.0 Å². The maximum absolute atomic E-state index is 12.1. The van der Waals surface area contributed by atoms with Gasteiger partial charge >= 0.3 is 0 Å². The monoisotopic (exact) mass is 406 g/mol. The number of carboxylic acid groups (broad SMARTS) is 1. The van der Waals surface area contributed by atoms with Crippen LogP contribution in [0.5, 0.6) is 0 Å². The lowest BCUT2D eigenvalue weighted by molar-refractivity contribution is -0.122. The van der Waals surface area contributed by atoms with Crippen molar-refractivity contribution >= 4 is 40.0 Å². The van der Waals surface area contributed by atoms with E-state index in [0.717, 1.165) is 30.0 Å². The molecule has 9 heteroatoms. The lowest BCUT2D eigenvalue weighted by atomic mass is 10.2. The molecule has 2 rings (SSSR count). The standard InChI is InChI=1S/C15H24N2O2S3.CH2O2/c1-13-3-5-15(6-4-13)22(18,19)17-8-2-7-16-14-11-20-9-10-21-12-14;2-1-3/h3-6,14,16-17H,2,7-12H2,1H3;1H,(H,2,3).